The Kier molecular flexibility index (Phi) is 5.77. The fourth-order valence-electron chi connectivity index (χ4n) is 2.60. The summed E-state index contributed by atoms with van der Waals surface area (Å²) in [5.74, 6) is 0.0577. The van der Waals surface area contributed by atoms with E-state index in [1.807, 2.05) is 19.1 Å². The van der Waals surface area contributed by atoms with Crippen LogP contribution in [0.4, 0.5) is 11.4 Å². The highest BCUT2D eigenvalue weighted by atomic mass is 35.5. The van der Waals surface area contributed by atoms with Gasteiger partial charge in [-0.3, -0.25) is 14.9 Å². The van der Waals surface area contributed by atoms with E-state index in [-0.39, 0.29) is 22.0 Å². The van der Waals surface area contributed by atoms with Crippen molar-refractivity contribution in [3.05, 3.63) is 86.6 Å². The van der Waals surface area contributed by atoms with E-state index in [1.54, 1.807) is 30.3 Å². The number of non-ortho nitro benzene ring substituents is 1. The van der Waals surface area contributed by atoms with Gasteiger partial charge in [0.2, 0.25) is 0 Å². The Bertz CT molecular complexity index is 1170. The van der Waals surface area contributed by atoms with Crippen molar-refractivity contribution >= 4 is 35.0 Å². The lowest BCUT2D eigenvalue weighted by atomic mass is 10.1. The molecule has 0 aliphatic heterocycles. The minimum atomic E-state index is -0.565. The molecule has 2 aromatic carbocycles. The Labute approximate surface area is 171 Å². The van der Waals surface area contributed by atoms with E-state index in [2.05, 4.69) is 5.32 Å². The van der Waals surface area contributed by atoms with Gasteiger partial charge < -0.3 is 9.73 Å². The summed E-state index contributed by atoms with van der Waals surface area (Å²) < 4.78 is 5.64. The molecule has 1 N–H and O–H groups in total. The van der Waals surface area contributed by atoms with E-state index in [9.17, 15) is 20.2 Å². The Morgan fingerprint density at radius 2 is 2.03 bits per heavy atom. The van der Waals surface area contributed by atoms with Gasteiger partial charge in [-0.2, -0.15) is 5.26 Å². The molecule has 0 aliphatic rings. The monoisotopic (exact) mass is 407 g/mol. The molecule has 0 unspecified atom stereocenters. The first-order valence-electron chi connectivity index (χ1n) is 8.41. The molecule has 3 aromatic rings. The molecule has 0 saturated heterocycles. The number of halogens is 1. The second kappa shape index (κ2) is 8.42. The van der Waals surface area contributed by atoms with Crippen molar-refractivity contribution in [2.45, 2.75) is 6.92 Å². The number of nitro benzene ring substituents is 1. The van der Waals surface area contributed by atoms with Crippen LogP contribution in [0.3, 0.4) is 0 Å². The third-order valence-electron chi connectivity index (χ3n) is 3.98. The molecule has 0 radical (unpaired) electrons. The third-order valence-corrected chi connectivity index (χ3v) is 4.30. The molecule has 29 heavy (non-hydrogen) atoms. The van der Waals surface area contributed by atoms with Crippen LogP contribution in [0, 0.1) is 28.4 Å². The van der Waals surface area contributed by atoms with Crippen LogP contribution in [-0.4, -0.2) is 10.8 Å². The summed E-state index contributed by atoms with van der Waals surface area (Å²) >= 11 is 6.11. The minimum absolute atomic E-state index is 0.134. The summed E-state index contributed by atoms with van der Waals surface area (Å²) in [5.41, 5.74) is 1.74. The molecule has 8 heteroatoms. The van der Waals surface area contributed by atoms with Crippen LogP contribution in [0.25, 0.3) is 17.4 Å². The van der Waals surface area contributed by atoms with Gasteiger partial charge in [0.05, 0.1) is 9.95 Å². The van der Waals surface area contributed by atoms with Crippen molar-refractivity contribution in [2.24, 2.45) is 0 Å². The summed E-state index contributed by atoms with van der Waals surface area (Å²) in [5, 5.41) is 23.0. The van der Waals surface area contributed by atoms with Gasteiger partial charge in [0.1, 0.15) is 23.2 Å². The van der Waals surface area contributed by atoms with Crippen LogP contribution in [0.5, 0.6) is 0 Å². The fraction of sp³-hybridized carbons (Fsp3) is 0.0476. The van der Waals surface area contributed by atoms with Gasteiger partial charge in [-0.15, -0.1) is 0 Å². The molecule has 7 nitrogen and oxygen atoms in total. The highest BCUT2D eigenvalue weighted by molar-refractivity contribution is 6.33. The van der Waals surface area contributed by atoms with Gasteiger partial charge in [0.15, 0.2) is 0 Å². The van der Waals surface area contributed by atoms with Crippen LogP contribution in [0.15, 0.2) is 64.6 Å². The smallest absolute Gasteiger partial charge is 0.270 e. The molecule has 0 bridgehead atoms. The van der Waals surface area contributed by atoms with E-state index in [1.165, 1.54) is 24.3 Å². The number of hydrogen-bond donors (Lipinski definition) is 1. The highest BCUT2D eigenvalue weighted by Gasteiger charge is 2.15. The van der Waals surface area contributed by atoms with Crippen molar-refractivity contribution in [1.82, 2.24) is 0 Å². The average molecular weight is 408 g/mol. The van der Waals surface area contributed by atoms with Gasteiger partial charge in [-0.25, -0.2) is 0 Å². The molecule has 1 heterocycles. The molecule has 144 valence electrons. The van der Waals surface area contributed by atoms with Gasteiger partial charge in [-0.05, 0) is 42.8 Å². The van der Waals surface area contributed by atoms with Crippen LogP contribution >= 0.6 is 11.6 Å². The Morgan fingerprint density at radius 1 is 1.24 bits per heavy atom. The second-order valence-electron chi connectivity index (χ2n) is 6.12. The van der Waals surface area contributed by atoms with Crippen LogP contribution in [-0.2, 0) is 4.79 Å². The molecule has 0 fully saturated rings. The van der Waals surface area contributed by atoms with Crippen molar-refractivity contribution in [3.63, 3.8) is 0 Å². The topological polar surface area (TPSA) is 109 Å². The largest absolute Gasteiger partial charge is 0.457 e. The first-order chi connectivity index (χ1) is 13.9. The zero-order chi connectivity index (χ0) is 21.0. The van der Waals surface area contributed by atoms with E-state index < -0.39 is 10.8 Å². The number of anilines is 1. The summed E-state index contributed by atoms with van der Waals surface area (Å²) in [4.78, 5) is 22.6. The van der Waals surface area contributed by atoms with E-state index >= 15 is 0 Å². The maximum Gasteiger partial charge on any atom is 0.270 e. The number of hydrogen-bond acceptors (Lipinski definition) is 5. The van der Waals surface area contributed by atoms with Crippen molar-refractivity contribution in [2.75, 3.05) is 5.32 Å². The van der Waals surface area contributed by atoms with Crippen molar-refractivity contribution in [3.8, 4) is 17.4 Å². The SMILES string of the molecule is Cc1cccc(NC(=O)C(C#N)=Cc2ccc(-c3ccc([N+](=O)[O-])cc3Cl)o2)c1. The predicted octanol–water partition coefficient (Wildman–Crippen LogP) is 5.36. The molecule has 0 saturated carbocycles. The van der Waals surface area contributed by atoms with Crippen LogP contribution < -0.4 is 5.32 Å². The van der Waals surface area contributed by atoms with Crippen LogP contribution in [0.1, 0.15) is 11.3 Å². The highest BCUT2D eigenvalue weighted by Crippen LogP contribution is 2.32. The Hall–Kier alpha value is -3.89. The van der Waals surface area contributed by atoms with Crippen LogP contribution in [0.2, 0.25) is 5.02 Å². The Morgan fingerprint density at radius 3 is 2.69 bits per heavy atom. The summed E-state index contributed by atoms with van der Waals surface area (Å²) in [6.07, 6.45) is 1.31. The number of rotatable bonds is 5. The number of nitro groups is 1. The normalized spacial score (nSPS) is 11.0. The van der Waals surface area contributed by atoms with Crippen molar-refractivity contribution < 1.29 is 14.1 Å². The number of carbonyl (C=O) groups excluding carboxylic acids is 1. The standard InChI is InChI=1S/C21H14ClN3O4/c1-13-3-2-4-15(9-13)24-21(26)14(12-23)10-17-6-8-20(29-17)18-7-5-16(25(27)28)11-19(18)22/h2-11H,1H3,(H,24,26). The number of nitriles is 1. The predicted molar refractivity (Wildman–Crippen MR) is 109 cm³/mol. The summed E-state index contributed by atoms with van der Waals surface area (Å²) in [6.45, 7) is 1.89. The lowest BCUT2D eigenvalue weighted by molar-refractivity contribution is -0.384. The molecular weight excluding hydrogens is 394 g/mol. The molecule has 3 rings (SSSR count). The van der Waals surface area contributed by atoms with Gasteiger partial charge in [-0.1, -0.05) is 23.7 Å². The molecule has 1 aromatic heterocycles. The number of carbonyl (C=O) groups is 1. The van der Waals surface area contributed by atoms with Gasteiger partial charge in [0.25, 0.3) is 11.6 Å². The zero-order valence-corrected chi connectivity index (χ0v) is 15.9. The van der Waals surface area contributed by atoms with E-state index in [0.717, 1.165) is 5.56 Å². The lowest BCUT2D eigenvalue weighted by Crippen LogP contribution is -2.13. The molecule has 0 atom stereocenters. The zero-order valence-electron chi connectivity index (χ0n) is 15.2. The number of furan rings is 1. The number of aryl methyl sites for hydroxylation is 1. The van der Waals surface area contributed by atoms with E-state index in [4.69, 9.17) is 16.0 Å². The summed E-state index contributed by atoms with van der Waals surface area (Å²) in [6, 6.07) is 16.2. The van der Waals surface area contributed by atoms with E-state index in [0.29, 0.717) is 17.0 Å². The van der Waals surface area contributed by atoms with Gasteiger partial charge >= 0.3 is 0 Å². The maximum absolute atomic E-state index is 12.4. The third kappa shape index (κ3) is 4.69. The number of nitrogens with one attached hydrogen (secondary N) is 1. The first kappa shape index (κ1) is 19.9. The Balaban J connectivity index is 1.83. The van der Waals surface area contributed by atoms with Gasteiger partial charge in [0, 0.05) is 29.5 Å². The lowest BCUT2D eigenvalue weighted by Gasteiger charge is -2.04. The molecule has 0 spiro atoms. The number of amides is 1. The number of nitrogens with zero attached hydrogens (tertiary/aromatic N) is 2. The second-order valence-corrected chi connectivity index (χ2v) is 6.52. The molecular formula is C21H14ClN3O4. The average Bonchev–Trinajstić information content (AvgIpc) is 3.14. The molecule has 0 aliphatic carbocycles. The number of benzene rings is 2. The van der Waals surface area contributed by atoms with Crippen molar-refractivity contribution in [1.29, 1.82) is 5.26 Å². The quantitative estimate of drug-likeness (QED) is 0.265. The fourth-order valence-corrected chi connectivity index (χ4v) is 2.87. The summed E-state index contributed by atoms with van der Waals surface area (Å²) in [7, 11) is 0. The maximum atomic E-state index is 12.4. The first-order valence-corrected chi connectivity index (χ1v) is 8.79. The molecule has 1 amide bonds. The minimum Gasteiger partial charge on any atom is -0.457 e.